The van der Waals surface area contributed by atoms with Crippen molar-refractivity contribution in [3.05, 3.63) is 34.3 Å². The van der Waals surface area contributed by atoms with Crippen molar-refractivity contribution in [3.63, 3.8) is 0 Å². The van der Waals surface area contributed by atoms with Crippen LogP contribution >= 0.6 is 11.3 Å². The van der Waals surface area contributed by atoms with E-state index < -0.39 is 5.91 Å². The van der Waals surface area contributed by atoms with Crippen molar-refractivity contribution in [2.75, 3.05) is 11.9 Å². The largest absolute Gasteiger partial charge is 0.368 e. The molecule has 0 saturated carbocycles. The van der Waals surface area contributed by atoms with Crippen LogP contribution in [0.25, 0.3) is 0 Å². The zero-order chi connectivity index (χ0) is 16.4. The number of carbonyl (C=O) groups excluding carboxylic acids is 2. The summed E-state index contributed by atoms with van der Waals surface area (Å²) in [5, 5.41) is 8.94. The monoisotopic (exact) mass is 333 g/mol. The lowest BCUT2D eigenvalue weighted by Crippen LogP contribution is -2.41. The van der Waals surface area contributed by atoms with E-state index in [0.29, 0.717) is 12.2 Å². The van der Waals surface area contributed by atoms with E-state index in [9.17, 15) is 9.59 Å². The van der Waals surface area contributed by atoms with E-state index in [-0.39, 0.29) is 18.6 Å². The quantitative estimate of drug-likeness (QED) is 0.896. The zero-order valence-corrected chi connectivity index (χ0v) is 13.7. The van der Waals surface area contributed by atoms with Gasteiger partial charge in [0.25, 0.3) is 0 Å². The van der Waals surface area contributed by atoms with Crippen LogP contribution in [0.15, 0.2) is 23.8 Å². The van der Waals surface area contributed by atoms with Crippen LogP contribution in [0.4, 0.5) is 10.5 Å². The third kappa shape index (κ3) is 3.21. The molecule has 0 saturated heterocycles. The van der Waals surface area contributed by atoms with Crippen LogP contribution in [0.1, 0.15) is 29.8 Å². The summed E-state index contributed by atoms with van der Waals surface area (Å²) in [6, 6.07) is 2.07. The summed E-state index contributed by atoms with van der Waals surface area (Å²) in [7, 11) is 0. The average Bonchev–Trinajstić information content (AvgIpc) is 3.14. The summed E-state index contributed by atoms with van der Waals surface area (Å²) in [6.07, 6.45) is 4.88. The summed E-state index contributed by atoms with van der Waals surface area (Å²) >= 11 is 1.76. The van der Waals surface area contributed by atoms with Gasteiger partial charge >= 0.3 is 6.03 Å². The van der Waals surface area contributed by atoms with E-state index in [1.165, 1.54) is 21.3 Å². The number of primary amides is 1. The molecule has 3 N–H and O–H groups in total. The van der Waals surface area contributed by atoms with Gasteiger partial charge in [-0.1, -0.05) is 6.92 Å². The minimum absolute atomic E-state index is 0.00453. The fraction of sp³-hybridized carbons (Fsp3) is 0.400. The maximum Gasteiger partial charge on any atom is 0.322 e. The Balaban J connectivity index is 1.71. The molecule has 0 unspecified atom stereocenters. The Morgan fingerprint density at radius 1 is 1.52 bits per heavy atom. The molecule has 0 aromatic carbocycles. The van der Waals surface area contributed by atoms with Gasteiger partial charge in [-0.3, -0.25) is 9.48 Å². The van der Waals surface area contributed by atoms with E-state index in [0.717, 1.165) is 12.8 Å². The van der Waals surface area contributed by atoms with Gasteiger partial charge in [-0.2, -0.15) is 5.10 Å². The highest BCUT2D eigenvalue weighted by Crippen LogP contribution is 2.35. The number of hydrogen-bond donors (Lipinski definition) is 2. The summed E-state index contributed by atoms with van der Waals surface area (Å²) in [5.41, 5.74) is 6.94. The molecule has 8 heteroatoms. The Bertz CT molecular complexity index is 723. The summed E-state index contributed by atoms with van der Waals surface area (Å²) < 4.78 is 1.41. The van der Waals surface area contributed by atoms with Crippen molar-refractivity contribution < 1.29 is 9.59 Å². The van der Waals surface area contributed by atoms with Crippen molar-refractivity contribution in [2.45, 2.75) is 32.4 Å². The zero-order valence-electron chi connectivity index (χ0n) is 12.9. The molecule has 1 atom stereocenters. The first-order valence-electron chi connectivity index (χ1n) is 7.53. The van der Waals surface area contributed by atoms with Gasteiger partial charge in [-0.15, -0.1) is 11.3 Å². The molecule has 0 aliphatic carbocycles. The van der Waals surface area contributed by atoms with Gasteiger partial charge in [0, 0.05) is 17.6 Å². The molecule has 0 radical (unpaired) electrons. The van der Waals surface area contributed by atoms with Crippen molar-refractivity contribution >= 4 is 29.0 Å². The van der Waals surface area contributed by atoms with Crippen LogP contribution in [-0.4, -0.2) is 33.2 Å². The Morgan fingerprint density at radius 3 is 3.09 bits per heavy atom. The second-order valence-electron chi connectivity index (χ2n) is 5.49. The Kier molecular flexibility index (Phi) is 4.33. The lowest BCUT2D eigenvalue weighted by molar-refractivity contribution is -0.118. The van der Waals surface area contributed by atoms with E-state index in [4.69, 9.17) is 5.73 Å². The number of aromatic nitrogens is 2. The number of carbonyl (C=O) groups is 2. The highest BCUT2D eigenvalue weighted by atomic mass is 32.1. The minimum Gasteiger partial charge on any atom is -0.368 e. The fourth-order valence-corrected chi connectivity index (χ4v) is 3.88. The SMILES string of the molecule is CC[C@H]1c2ccsc2CCN1C(=O)Nc1cnn(CC(N)=O)c1. The maximum absolute atomic E-state index is 12.6. The number of nitrogens with one attached hydrogen (secondary N) is 1. The van der Waals surface area contributed by atoms with Crippen LogP contribution < -0.4 is 11.1 Å². The molecule has 1 aliphatic rings. The van der Waals surface area contributed by atoms with Crippen molar-refractivity contribution in [3.8, 4) is 0 Å². The van der Waals surface area contributed by atoms with Crippen LogP contribution in [0.5, 0.6) is 0 Å². The maximum atomic E-state index is 12.6. The first-order valence-corrected chi connectivity index (χ1v) is 8.41. The number of thiophene rings is 1. The summed E-state index contributed by atoms with van der Waals surface area (Å²) in [4.78, 5) is 26.7. The van der Waals surface area contributed by atoms with Gasteiger partial charge in [-0.05, 0) is 29.9 Å². The molecule has 2 aromatic rings. The van der Waals surface area contributed by atoms with Gasteiger partial charge in [0.15, 0.2) is 0 Å². The predicted octanol–water partition coefficient (Wildman–Crippen LogP) is 1.97. The van der Waals surface area contributed by atoms with Gasteiger partial charge in [0.05, 0.1) is 17.9 Å². The smallest absolute Gasteiger partial charge is 0.322 e. The molecule has 0 bridgehead atoms. The Hall–Kier alpha value is -2.35. The van der Waals surface area contributed by atoms with Crippen LogP contribution in [0.3, 0.4) is 0 Å². The first-order chi connectivity index (χ1) is 11.1. The molecule has 0 spiro atoms. The van der Waals surface area contributed by atoms with Crippen molar-refractivity contribution in [1.82, 2.24) is 14.7 Å². The van der Waals surface area contributed by atoms with Crippen molar-refractivity contribution in [1.29, 1.82) is 0 Å². The molecule has 0 fully saturated rings. The Labute approximate surface area is 138 Å². The third-order valence-electron chi connectivity index (χ3n) is 3.94. The number of rotatable bonds is 4. The lowest BCUT2D eigenvalue weighted by Gasteiger charge is -2.35. The number of nitrogens with two attached hydrogens (primary N) is 1. The molecule has 122 valence electrons. The molecule has 1 aliphatic heterocycles. The summed E-state index contributed by atoms with van der Waals surface area (Å²) in [5.74, 6) is -0.474. The van der Waals surface area contributed by atoms with E-state index >= 15 is 0 Å². The molecule has 23 heavy (non-hydrogen) atoms. The van der Waals surface area contributed by atoms with Crippen molar-refractivity contribution in [2.24, 2.45) is 5.73 Å². The Morgan fingerprint density at radius 2 is 2.35 bits per heavy atom. The fourth-order valence-electron chi connectivity index (χ4n) is 2.95. The van der Waals surface area contributed by atoms with E-state index in [1.54, 1.807) is 17.5 Å². The van der Waals surface area contributed by atoms with Gasteiger partial charge in [-0.25, -0.2) is 4.79 Å². The van der Waals surface area contributed by atoms with Gasteiger partial charge in [0.2, 0.25) is 5.91 Å². The molecular weight excluding hydrogens is 314 g/mol. The highest BCUT2D eigenvalue weighted by Gasteiger charge is 2.30. The minimum atomic E-state index is -0.474. The van der Waals surface area contributed by atoms with Crippen LogP contribution in [-0.2, 0) is 17.8 Å². The number of anilines is 1. The predicted molar refractivity (Wildman–Crippen MR) is 88.2 cm³/mol. The number of nitrogens with zero attached hydrogens (tertiary/aromatic N) is 3. The molecule has 2 aromatic heterocycles. The van der Waals surface area contributed by atoms with Crippen LogP contribution in [0, 0.1) is 0 Å². The van der Waals surface area contributed by atoms with Gasteiger partial charge < -0.3 is 16.0 Å². The van der Waals surface area contributed by atoms with Gasteiger partial charge in [0.1, 0.15) is 6.54 Å². The number of amides is 3. The lowest BCUT2D eigenvalue weighted by atomic mass is 9.98. The molecule has 3 rings (SSSR count). The van der Waals surface area contributed by atoms with E-state index in [2.05, 4.69) is 28.8 Å². The topological polar surface area (TPSA) is 93.2 Å². The van der Waals surface area contributed by atoms with E-state index in [1.807, 2.05) is 4.90 Å². The highest BCUT2D eigenvalue weighted by molar-refractivity contribution is 7.10. The molecule has 7 nitrogen and oxygen atoms in total. The molecule has 3 amide bonds. The first kappa shape index (κ1) is 15.5. The number of hydrogen-bond acceptors (Lipinski definition) is 4. The molecular formula is C15H19N5O2S. The summed E-state index contributed by atoms with van der Waals surface area (Å²) in [6.45, 7) is 2.78. The standard InChI is InChI=1S/C15H19N5O2S/c1-2-12-11-4-6-23-13(11)3-5-20(12)15(22)18-10-7-17-19(8-10)9-14(16)21/h4,6-8,12H,2-3,5,9H2,1H3,(H2,16,21)(H,18,22)/t12-/m0/s1. The second-order valence-corrected chi connectivity index (χ2v) is 6.49. The second kappa shape index (κ2) is 6.41. The normalized spacial score (nSPS) is 16.9. The van der Waals surface area contributed by atoms with Crippen LogP contribution in [0.2, 0.25) is 0 Å². The third-order valence-corrected chi connectivity index (χ3v) is 4.94. The number of urea groups is 1. The molecule has 3 heterocycles. The average molecular weight is 333 g/mol. The number of fused-ring (bicyclic) bond motifs is 1.